The highest BCUT2D eigenvalue weighted by Crippen LogP contribution is 2.24. The molecule has 0 aliphatic heterocycles. The van der Waals surface area contributed by atoms with Crippen molar-refractivity contribution in [1.82, 2.24) is 73.0 Å². The lowest BCUT2D eigenvalue weighted by Gasteiger charge is -2.19. The quantitative estimate of drug-likeness (QED) is 0.146. The number of rotatable bonds is 0. The van der Waals surface area contributed by atoms with Crippen LogP contribution in [0, 0.1) is 0 Å². The molecule has 7 rings (SSSR count). The molecular weight excluding hydrogens is 871 g/mol. The second kappa shape index (κ2) is 25.0. The van der Waals surface area contributed by atoms with Crippen LogP contribution in [0.4, 0.5) is 0 Å². The maximum atomic E-state index is 4.25. The minimum atomic E-state index is 0.00819. The third-order valence-electron chi connectivity index (χ3n) is 10.5. The van der Waals surface area contributed by atoms with Crippen LogP contribution in [0.3, 0.4) is 0 Å². The molecule has 0 fully saturated rings. The summed E-state index contributed by atoms with van der Waals surface area (Å²) in [6.07, 6.45) is 19.7. The van der Waals surface area contributed by atoms with Gasteiger partial charge in [0.25, 0.3) is 0 Å². The zero-order chi connectivity index (χ0) is 54.4. The average Bonchev–Trinajstić information content (AvgIpc) is 4.02. The molecule has 7 aromatic heterocycles. The van der Waals surface area contributed by atoms with E-state index in [0.29, 0.717) is 5.41 Å². The van der Waals surface area contributed by atoms with Crippen molar-refractivity contribution in [3.05, 3.63) is 120 Å². The van der Waals surface area contributed by atoms with Crippen LogP contribution in [0.5, 0.6) is 0 Å². The molecule has 7 heterocycles. The second-order valence-electron chi connectivity index (χ2n) is 25.4. The molecule has 0 spiro atoms. The Bertz CT molecular complexity index is 2190. The van der Waals surface area contributed by atoms with Crippen LogP contribution < -0.4 is 0 Å². The lowest BCUT2D eigenvalue weighted by Crippen LogP contribution is -2.17. The fourth-order valence-corrected chi connectivity index (χ4v) is 6.43. The fraction of sp³-hybridized carbons (Fsp3) is 0.636. The summed E-state index contributed by atoms with van der Waals surface area (Å²) in [7, 11) is 13.8. The Balaban J connectivity index is 0.000000408. The number of imidazole rings is 2. The van der Waals surface area contributed by atoms with Gasteiger partial charge in [-0.25, -0.2) is 9.97 Å². The van der Waals surface area contributed by atoms with Crippen molar-refractivity contribution in [1.29, 1.82) is 0 Å². The molecule has 0 bridgehead atoms. The maximum Gasteiger partial charge on any atom is 0.180 e. The monoisotopic (exact) mass is 968 g/mol. The van der Waals surface area contributed by atoms with Crippen LogP contribution >= 0.6 is 0 Å². The Morgan fingerprint density at radius 1 is 0.443 bits per heavy atom. The van der Waals surface area contributed by atoms with E-state index in [9.17, 15) is 0 Å². The Labute approximate surface area is 424 Å². The molecule has 7 aromatic rings. The smallest absolute Gasteiger partial charge is 0.180 e. The van der Waals surface area contributed by atoms with Gasteiger partial charge in [-0.05, 0) is 45.4 Å². The third kappa shape index (κ3) is 22.4. The first-order chi connectivity index (χ1) is 31.5. The van der Waals surface area contributed by atoms with Gasteiger partial charge in [0.2, 0.25) is 0 Å². The van der Waals surface area contributed by atoms with E-state index in [1.54, 1.807) is 13.4 Å². The molecule has 70 heavy (non-hydrogen) atoms. The minimum Gasteiger partial charge on any atom is -0.357 e. The van der Waals surface area contributed by atoms with Crippen molar-refractivity contribution in [3.63, 3.8) is 0 Å². The van der Waals surface area contributed by atoms with E-state index in [2.05, 4.69) is 263 Å². The van der Waals surface area contributed by atoms with Crippen LogP contribution in [0.15, 0.2) is 80.4 Å². The first kappa shape index (κ1) is 62.4. The summed E-state index contributed by atoms with van der Waals surface area (Å²) < 4.78 is 12.1. The number of nitrogens with zero attached hydrogens (tertiary/aromatic N) is 15. The lowest BCUT2D eigenvalue weighted by molar-refractivity contribution is 0.520. The van der Waals surface area contributed by atoms with Crippen LogP contribution in [-0.4, -0.2) is 73.0 Å². The summed E-state index contributed by atoms with van der Waals surface area (Å²) >= 11 is 0. The first-order valence-electron chi connectivity index (χ1n) is 24.3. The van der Waals surface area contributed by atoms with Crippen LogP contribution in [0.1, 0.15) is 185 Å². The topological polar surface area (TPSA) is 138 Å². The summed E-state index contributed by atoms with van der Waals surface area (Å²) in [4.78, 5) is 9.97. The summed E-state index contributed by atoms with van der Waals surface area (Å²) in [6.45, 7) is 45.4. The van der Waals surface area contributed by atoms with Crippen molar-refractivity contribution >= 4 is 0 Å². The van der Waals surface area contributed by atoms with Gasteiger partial charge < -0.3 is 22.8 Å². The molecule has 15 nitrogen and oxygen atoms in total. The maximum absolute atomic E-state index is 4.25. The van der Waals surface area contributed by atoms with Crippen molar-refractivity contribution in [2.75, 3.05) is 0 Å². The highest BCUT2D eigenvalue weighted by molar-refractivity contribution is 5.19. The van der Waals surface area contributed by atoms with Crippen LogP contribution in [0.2, 0.25) is 0 Å². The summed E-state index contributed by atoms with van der Waals surface area (Å²) in [5, 5.41) is 23.6. The highest BCUT2D eigenvalue weighted by Gasteiger charge is 2.21. The SMILES string of the molecule is Cn1cc(C(C)(C)C)cn1.Cn1ccc(C(C)(C)C)c1.Cn1cccc1C(C)(C)C.Cn1ccnc1C(C)(C)C.Cn1cnc(C(C)(C)C)c1.Cn1cnnc1C(C)(C)C.Cn1nnc(C(C)(C)C)n1. The van der Waals surface area contributed by atoms with Gasteiger partial charge in [-0.3, -0.25) is 4.68 Å². The summed E-state index contributed by atoms with van der Waals surface area (Å²) in [5.41, 5.74) is 6.47. The van der Waals surface area contributed by atoms with Gasteiger partial charge >= 0.3 is 0 Å². The van der Waals surface area contributed by atoms with Gasteiger partial charge in [0, 0.05) is 118 Å². The molecule has 0 aliphatic rings. The first-order valence-corrected chi connectivity index (χ1v) is 24.3. The summed E-state index contributed by atoms with van der Waals surface area (Å²) in [5.74, 6) is 2.94. The van der Waals surface area contributed by atoms with E-state index < -0.39 is 0 Å². The molecule has 0 atom stereocenters. The van der Waals surface area contributed by atoms with E-state index >= 15 is 0 Å². The number of aromatic nitrogens is 15. The Kier molecular flexibility index (Phi) is 22.3. The largest absolute Gasteiger partial charge is 0.357 e. The average molecular weight is 968 g/mol. The normalized spacial score (nSPS) is 12.0. The molecular formula is C55H97N15. The second-order valence-corrected chi connectivity index (χ2v) is 25.4. The van der Waals surface area contributed by atoms with Crippen molar-refractivity contribution in [3.8, 4) is 0 Å². The molecule has 15 heteroatoms. The molecule has 0 radical (unpaired) electrons. The molecule has 0 aromatic carbocycles. The molecule has 0 amide bonds. The molecule has 0 aliphatic carbocycles. The minimum absolute atomic E-state index is 0.00819. The Morgan fingerprint density at radius 2 is 1.01 bits per heavy atom. The van der Waals surface area contributed by atoms with Gasteiger partial charge in [-0.2, -0.15) is 9.90 Å². The molecule has 0 saturated heterocycles. The van der Waals surface area contributed by atoms with Crippen molar-refractivity contribution in [2.45, 2.75) is 183 Å². The third-order valence-corrected chi connectivity index (χ3v) is 10.5. The number of aryl methyl sites for hydroxylation is 7. The molecule has 0 saturated carbocycles. The van der Waals surface area contributed by atoms with E-state index in [1.807, 2.05) is 66.9 Å². The van der Waals surface area contributed by atoms with Crippen LogP contribution in [-0.2, 0) is 87.2 Å². The summed E-state index contributed by atoms with van der Waals surface area (Å²) in [6, 6.07) is 6.42. The fourth-order valence-electron chi connectivity index (χ4n) is 6.43. The van der Waals surface area contributed by atoms with Gasteiger partial charge in [0.15, 0.2) is 5.82 Å². The highest BCUT2D eigenvalue weighted by atomic mass is 15.6. The van der Waals surface area contributed by atoms with Gasteiger partial charge in [-0.1, -0.05) is 145 Å². The lowest BCUT2D eigenvalue weighted by atomic mass is 9.89. The van der Waals surface area contributed by atoms with E-state index in [1.165, 1.54) is 21.6 Å². The van der Waals surface area contributed by atoms with E-state index in [-0.39, 0.29) is 32.5 Å². The van der Waals surface area contributed by atoms with E-state index in [4.69, 9.17) is 0 Å². The predicted octanol–water partition coefficient (Wildman–Crippen LogP) is 11.4. The number of hydrogen-bond acceptors (Lipinski definition) is 8. The molecule has 392 valence electrons. The Hall–Kier alpha value is -5.60. The molecule has 0 unspecified atom stereocenters. The zero-order valence-electron chi connectivity index (χ0n) is 49.2. The molecule has 0 N–H and O–H groups in total. The van der Waals surface area contributed by atoms with Gasteiger partial charge in [0.1, 0.15) is 18.0 Å². The number of tetrazole rings is 1. The van der Waals surface area contributed by atoms with Crippen molar-refractivity contribution < 1.29 is 0 Å². The predicted molar refractivity (Wildman–Crippen MR) is 291 cm³/mol. The Morgan fingerprint density at radius 3 is 1.21 bits per heavy atom. The standard InChI is InChI=1S/2C9H15N.3C8H14N2.C7H13N3.C6H12N4/c1-9(2,3)8-5-6-10(4)7-8;1-9(2,3)8-6-5-7-10(8)4;1-8(2,3)7-5-10(4)6-9-7;1-8(2,3)7-5-9-10(4)6-7;1-8(2,3)7-9-5-6-10(7)4;1-7(2,3)6-9-8-5-10(6)4;1-6(2,3)5-7-9-10(4)8-5/h2*5-7H,1-4H3;3*5-6H,1-4H3;5H,1-4H3;1-4H3. The van der Waals surface area contributed by atoms with Crippen LogP contribution in [0.25, 0.3) is 0 Å². The zero-order valence-corrected chi connectivity index (χ0v) is 49.2. The van der Waals surface area contributed by atoms with Crippen molar-refractivity contribution in [2.24, 2.45) is 49.3 Å². The van der Waals surface area contributed by atoms with Gasteiger partial charge in [0.05, 0.1) is 25.3 Å². The number of hydrogen-bond donors (Lipinski definition) is 0. The van der Waals surface area contributed by atoms with E-state index in [0.717, 1.165) is 23.2 Å². The van der Waals surface area contributed by atoms with Gasteiger partial charge in [-0.15, -0.1) is 20.4 Å².